The second kappa shape index (κ2) is 14.1. The third kappa shape index (κ3) is 7.52. The number of benzene rings is 5. The number of aliphatic hydroxyl groups excluding tert-OH is 1. The number of hydrogen-bond acceptors (Lipinski definition) is 5. The zero-order valence-corrected chi connectivity index (χ0v) is 27.7. The molecule has 1 aliphatic rings. The molecule has 5 aromatic rings. The van der Waals surface area contributed by atoms with Gasteiger partial charge in [0.05, 0.1) is 17.5 Å². The molecule has 0 unspecified atom stereocenters. The van der Waals surface area contributed by atoms with Crippen LogP contribution in [-0.4, -0.2) is 29.6 Å². The van der Waals surface area contributed by atoms with Gasteiger partial charge in [0.15, 0.2) is 0 Å². The first-order valence-electron chi connectivity index (χ1n) is 15.2. The lowest BCUT2D eigenvalue weighted by atomic mass is 9.93. The quantitative estimate of drug-likeness (QED) is 0.0858. The van der Waals surface area contributed by atoms with E-state index in [2.05, 4.69) is 29.2 Å². The molecule has 240 valence electrons. The summed E-state index contributed by atoms with van der Waals surface area (Å²) in [6.45, 7) is 0. The van der Waals surface area contributed by atoms with Crippen molar-refractivity contribution in [1.82, 2.24) is 0 Å². The Morgan fingerprint density at radius 3 is 2.04 bits per heavy atom. The zero-order chi connectivity index (χ0) is 33.1. The average Bonchev–Trinajstić information content (AvgIpc) is 3.40. The Bertz CT molecular complexity index is 1900. The Balaban J connectivity index is 1.29. The van der Waals surface area contributed by atoms with Crippen LogP contribution in [0.15, 0.2) is 121 Å². The van der Waals surface area contributed by atoms with Crippen molar-refractivity contribution in [3.05, 3.63) is 138 Å². The van der Waals surface area contributed by atoms with Crippen molar-refractivity contribution in [3.63, 3.8) is 0 Å². The zero-order valence-electron chi connectivity index (χ0n) is 25.2. The van der Waals surface area contributed by atoms with E-state index in [0.29, 0.717) is 45.8 Å². The normalized spacial score (nSPS) is 17.2. The predicted molar refractivity (Wildman–Crippen MR) is 192 cm³/mol. The SMILES string of the molecule is O=P(O)(O)c1ccc(-c2ccc([C@@H]3[C@@H](CCC[C@@H](O)c4ccc(F)cc4)SC(=S)N3c3ccc(-c4ccccc4)cc3)c(O)c2)cc1. The minimum atomic E-state index is -4.37. The molecule has 0 aromatic heterocycles. The number of aromatic hydroxyl groups is 1. The Labute approximate surface area is 282 Å². The summed E-state index contributed by atoms with van der Waals surface area (Å²) in [5, 5.41) is 22.1. The van der Waals surface area contributed by atoms with E-state index in [4.69, 9.17) is 12.2 Å². The van der Waals surface area contributed by atoms with Gasteiger partial charge in [-0.25, -0.2) is 4.39 Å². The Morgan fingerprint density at radius 1 is 0.809 bits per heavy atom. The molecule has 0 radical (unpaired) electrons. The summed E-state index contributed by atoms with van der Waals surface area (Å²) < 4.78 is 25.7. The van der Waals surface area contributed by atoms with Crippen molar-refractivity contribution in [2.75, 3.05) is 4.90 Å². The molecule has 0 spiro atoms. The predicted octanol–water partition coefficient (Wildman–Crippen LogP) is 8.52. The third-order valence-electron chi connectivity index (χ3n) is 8.44. The first kappa shape index (κ1) is 33.1. The number of rotatable bonds is 10. The molecule has 1 saturated heterocycles. The van der Waals surface area contributed by atoms with E-state index < -0.39 is 13.7 Å². The molecule has 1 heterocycles. The van der Waals surface area contributed by atoms with Crippen molar-refractivity contribution >= 4 is 46.9 Å². The van der Waals surface area contributed by atoms with Gasteiger partial charge in [-0.1, -0.05) is 103 Å². The monoisotopic (exact) mass is 685 g/mol. The minimum absolute atomic E-state index is 0.0315. The summed E-state index contributed by atoms with van der Waals surface area (Å²) >= 11 is 7.52. The van der Waals surface area contributed by atoms with Gasteiger partial charge in [0.2, 0.25) is 0 Å². The van der Waals surface area contributed by atoms with Crippen LogP contribution >= 0.6 is 31.6 Å². The lowest BCUT2D eigenvalue weighted by Gasteiger charge is -2.30. The number of aliphatic hydroxyl groups is 1. The molecule has 3 atom stereocenters. The number of thioether (sulfide) groups is 1. The highest BCUT2D eigenvalue weighted by molar-refractivity contribution is 8.24. The van der Waals surface area contributed by atoms with Gasteiger partial charge in [-0.3, -0.25) is 4.57 Å². The van der Waals surface area contributed by atoms with E-state index in [1.54, 1.807) is 42.1 Å². The van der Waals surface area contributed by atoms with E-state index in [1.165, 1.54) is 24.3 Å². The van der Waals surface area contributed by atoms with Gasteiger partial charge in [-0.05, 0) is 89.5 Å². The van der Waals surface area contributed by atoms with Crippen LogP contribution < -0.4 is 10.2 Å². The Hall–Kier alpha value is -3.82. The maximum absolute atomic E-state index is 13.4. The summed E-state index contributed by atoms with van der Waals surface area (Å²) in [5.74, 6) is -0.264. The molecule has 5 aromatic carbocycles. The number of anilines is 1. The Kier molecular flexibility index (Phi) is 9.94. The van der Waals surface area contributed by atoms with E-state index in [-0.39, 0.29) is 28.2 Å². The van der Waals surface area contributed by atoms with Crippen molar-refractivity contribution in [3.8, 4) is 28.0 Å². The van der Waals surface area contributed by atoms with Crippen LogP contribution in [0.25, 0.3) is 22.3 Å². The molecule has 0 saturated carbocycles. The minimum Gasteiger partial charge on any atom is -0.508 e. The number of halogens is 1. The fourth-order valence-corrected chi connectivity index (χ4v) is 8.38. The topological polar surface area (TPSA) is 101 Å². The van der Waals surface area contributed by atoms with Crippen molar-refractivity contribution < 1.29 is 29.0 Å². The first-order valence-corrected chi connectivity index (χ1v) is 18.1. The summed E-state index contributed by atoms with van der Waals surface area (Å²) in [6.07, 6.45) is 1.15. The molecule has 6 nitrogen and oxygen atoms in total. The maximum Gasteiger partial charge on any atom is 0.356 e. The number of hydrogen-bond donors (Lipinski definition) is 4. The summed E-state index contributed by atoms with van der Waals surface area (Å²) in [5.41, 5.74) is 5.86. The van der Waals surface area contributed by atoms with Gasteiger partial charge in [0, 0.05) is 16.5 Å². The number of nitrogens with zero attached hydrogens (tertiary/aromatic N) is 1. The van der Waals surface area contributed by atoms with Crippen LogP contribution in [0.3, 0.4) is 0 Å². The second-order valence-electron chi connectivity index (χ2n) is 11.5. The van der Waals surface area contributed by atoms with E-state index in [0.717, 1.165) is 16.8 Å². The fourth-order valence-electron chi connectivity index (χ4n) is 5.98. The van der Waals surface area contributed by atoms with Gasteiger partial charge in [0.25, 0.3) is 0 Å². The summed E-state index contributed by atoms with van der Waals surface area (Å²) in [6, 6.07) is 35.4. The average molecular weight is 686 g/mol. The van der Waals surface area contributed by atoms with Gasteiger partial charge in [-0.2, -0.15) is 0 Å². The number of phenolic OH excluding ortho intramolecular Hbond substituents is 1. The molecule has 10 heteroatoms. The third-order valence-corrected chi connectivity index (χ3v) is 11.1. The molecular formula is C37H33FNO5PS2. The molecule has 0 aliphatic carbocycles. The van der Waals surface area contributed by atoms with Crippen LogP contribution in [0.2, 0.25) is 0 Å². The maximum atomic E-state index is 13.4. The van der Waals surface area contributed by atoms with Gasteiger partial charge < -0.3 is 24.9 Å². The Morgan fingerprint density at radius 2 is 1.40 bits per heavy atom. The molecule has 1 fully saturated rings. The van der Waals surface area contributed by atoms with Crippen molar-refractivity contribution in [2.45, 2.75) is 36.7 Å². The highest BCUT2D eigenvalue weighted by atomic mass is 32.2. The van der Waals surface area contributed by atoms with Crippen LogP contribution in [0, 0.1) is 5.82 Å². The first-order chi connectivity index (χ1) is 22.6. The molecule has 1 aliphatic heterocycles. The molecule has 4 N–H and O–H groups in total. The largest absolute Gasteiger partial charge is 0.508 e. The summed E-state index contributed by atoms with van der Waals surface area (Å²) in [7, 11) is -4.37. The van der Waals surface area contributed by atoms with Crippen LogP contribution in [0.1, 0.15) is 42.5 Å². The highest BCUT2D eigenvalue weighted by Gasteiger charge is 2.41. The van der Waals surface area contributed by atoms with Crippen LogP contribution in [0.4, 0.5) is 10.1 Å². The van der Waals surface area contributed by atoms with Crippen molar-refractivity contribution in [1.29, 1.82) is 0 Å². The van der Waals surface area contributed by atoms with Crippen molar-refractivity contribution in [2.24, 2.45) is 0 Å². The highest BCUT2D eigenvalue weighted by Crippen LogP contribution is 2.49. The van der Waals surface area contributed by atoms with E-state index in [9.17, 15) is 29.0 Å². The molecule has 6 rings (SSSR count). The lowest BCUT2D eigenvalue weighted by molar-refractivity contribution is 0.163. The second-order valence-corrected chi connectivity index (χ2v) is 15.0. The molecule has 0 bridgehead atoms. The van der Waals surface area contributed by atoms with Gasteiger partial charge in [-0.15, -0.1) is 0 Å². The van der Waals surface area contributed by atoms with E-state index >= 15 is 0 Å². The van der Waals surface area contributed by atoms with E-state index in [1.807, 2.05) is 42.5 Å². The van der Waals surface area contributed by atoms with Gasteiger partial charge in [0.1, 0.15) is 15.9 Å². The lowest BCUT2D eigenvalue weighted by Crippen LogP contribution is -2.29. The fraction of sp³-hybridized carbons (Fsp3) is 0.162. The van der Waals surface area contributed by atoms with Crippen LogP contribution in [-0.2, 0) is 4.57 Å². The molecule has 47 heavy (non-hydrogen) atoms. The molecule has 0 amide bonds. The standard InChI is InChI=1S/C37H33FNO5PS2/c38-29-16-9-27(10-17-29)33(40)7-4-8-35-36(32-22-15-28(23-34(32)41)26-13-20-31(21-14-26)45(42,43)44)39(37(46)47-35)30-18-11-25(12-19-30)24-5-2-1-3-6-24/h1-3,5-6,9-23,33,35-36,40-41H,4,7-8H2,(H2,42,43,44)/t33-,35-,36-/m1/s1. The molecular weight excluding hydrogens is 653 g/mol. The number of phenols is 1. The van der Waals surface area contributed by atoms with Crippen LogP contribution in [0.5, 0.6) is 5.75 Å². The summed E-state index contributed by atoms with van der Waals surface area (Å²) in [4.78, 5) is 21.0. The number of thiocarbonyl (C=S) groups is 1. The smallest absolute Gasteiger partial charge is 0.356 e. The van der Waals surface area contributed by atoms with Gasteiger partial charge >= 0.3 is 7.60 Å².